The lowest BCUT2D eigenvalue weighted by atomic mass is 9.99. The second-order valence-electron chi connectivity index (χ2n) is 5.46. The summed E-state index contributed by atoms with van der Waals surface area (Å²) in [7, 11) is 3.61. The Morgan fingerprint density at radius 1 is 1.15 bits per heavy atom. The van der Waals surface area contributed by atoms with Gasteiger partial charge in [0.05, 0.1) is 22.3 Å². The molecule has 132 valence electrons. The van der Waals surface area contributed by atoms with E-state index in [0.29, 0.717) is 5.95 Å². The quantitative estimate of drug-likeness (QED) is 0.372. The normalized spacial score (nSPS) is 11.5. The maximum atomic E-state index is 8.77. The molecule has 8 nitrogen and oxygen atoms in total. The minimum absolute atomic E-state index is 0.299. The molecule has 1 atom stereocenters. The molecule has 0 aliphatic heterocycles. The Morgan fingerprint density at radius 2 is 1.92 bits per heavy atom. The molecule has 0 saturated heterocycles. The van der Waals surface area contributed by atoms with Crippen LogP contribution in [0.15, 0.2) is 41.6 Å². The second-order valence-corrected chi connectivity index (χ2v) is 6.49. The first kappa shape index (κ1) is 17.7. The summed E-state index contributed by atoms with van der Waals surface area (Å²) in [6.45, 7) is 1.86. The average Bonchev–Trinajstić information content (AvgIpc) is 3.17. The summed E-state index contributed by atoms with van der Waals surface area (Å²) in [5, 5.41) is 10.7. The van der Waals surface area contributed by atoms with Gasteiger partial charge in [0.25, 0.3) is 0 Å². The highest BCUT2D eigenvalue weighted by atomic mass is 32.1. The summed E-state index contributed by atoms with van der Waals surface area (Å²) in [5.74, 6) is 0.517. The van der Waals surface area contributed by atoms with Crippen LogP contribution >= 0.6 is 11.3 Å². The zero-order chi connectivity index (χ0) is 18.5. The predicted octanol–water partition coefficient (Wildman–Crippen LogP) is 4.72. The molecule has 1 aromatic carbocycles. The van der Waals surface area contributed by atoms with Crippen LogP contribution in [0.4, 0.5) is 11.1 Å². The Balaban J connectivity index is 2.14. The van der Waals surface area contributed by atoms with E-state index < -0.39 is 0 Å². The molecule has 3 rings (SSSR count). The number of azide groups is 1. The number of hydrogen-bond donors (Lipinski definition) is 2. The van der Waals surface area contributed by atoms with Gasteiger partial charge in [-0.2, -0.15) is 0 Å². The third-order valence-corrected chi connectivity index (χ3v) is 4.87. The summed E-state index contributed by atoms with van der Waals surface area (Å²) in [6.07, 6.45) is 1.79. The summed E-state index contributed by atoms with van der Waals surface area (Å²) < 4.78 is 0. The van der Waals surface area contributed by atoms with Gasteiger partial charge in [0, 0.05) is 30.8 Å². The van der Waals surface area contributed by atoms with E-state index in [2.05, 4.69) is 35.6 Å². The van der Waals surface area contributed by atoms with Crippen molar-refractivity contribution in [3.8, 4) is 21.8 Å². The van der Waals surface area contributed by atoms with Gasteiger partial charge >= 0.3 is 0 Å². The van der Waals surface area contributed by atoms with Crippen LogP contribution < -0.4 is 10.6 Å². The van der Waals surface area contributed by atoms with Crippen molar-refractivity contribution in [2.45, 2.75) is 13.0 Å². The minimum Gasteiger partial charge on any atom is -0.365 e. The van der Waals surface area contributed by atoms with Crippen molar-refractivity contribution in [2.24, 2.45) is 5.11 Å². The largest absolute Gasteiger partial charge is 0.365 e. The number of nitrogens with one attached hydrogen (secondary N) is 2. The lowest BCUT2D eigenvalue weighted by Gasteiger charge is -2.13. The van der Waals surface area contributed by atoms with Gasteiger partial charge in [-0.05, 0) is 17.2 Å². The third-order valence-electron chi connectivity index (χ3n) is 3.83. The molecule has 2 aromatic heterocycles. The highest BCUT2D eigenvalue weighted by molar-refractivity contribution is 7.18. The van der Waals surface area contributed by atoms with Crippen molar-refractivity contribution in [3.05, 3.63) is 52.5 Å². The summed E-state index contributed by atoms with van der Waals surface area (Å²) in [6, 6.07) is 9.40. The molecule has 0 aliphatic carbocycles. The zero-order valence-electron chi connectivity index (χ0n) is 14.6. The lowest BCUT2D eigenvalue weighted by molar-refractivity contribution is 0.809. The predicted molar refractivity (Wildman–Crippen MR) is 105 cm³/mol. The Morgan fingerprint density at radius 3 is 2.62 bits per heavy atom. The molecule has 9 heteroatoms. The van der Waals surface area contributed by atoms with Crippen LogP contribution in [-0.2, 0) is 0 Å². The highest BCUT2D eigenvalue weighted by Crippen LogP contribution is 2.33. The van der Waals surface area contributed by atoms with Crippen molar-refractivity contribution in [3.63, 3.8) is 0 Å². The Hall–Kier alpha value is -3.16. The van der Waals surface area contributed by atoms with Gasteiger partial charge in [0.2, 0.25) is 5.95 Å². The molecule has 0 saturated carbocycles. The van der Waals surface area contributed by atoms with Crippen LogP contribution in [0.3, 0.4) is 0 Å². The SMILES string of the molecule is CNc1nc(-c2cnc(NC)s2)cc(-c2ccccc2C(C)N=[N+]=[N-])n1. The molecule has 2 N–H and O–H groups in total. The summed E-state index contributed by atoms with van der Waals surface area (Å²) in [5.41, 5.74) is 12.1. The fraction of sp³-hybridized carbons (Fsp3) is 0.235. The van der Waals surface area contributed by atoms with Crippen LogP contribution in [0, 0.1) is 0 Å². The van der Waals surface area contributed by atoms with E-state index in [1.807, 2.05) is 44.3 Å². The molecule has 0 spiro atoms. The van der Waals surface area contributed by atoms with E-state index in [0.717, 1.165) is 32.5 Å². The molecule has 0 amide bonds. The van der Waals surface area contributed by atoms with E-state index >= 15 is 0 Å². The highest BCUT2D eigenvalue weighted by Gasteiger charge is 2.15. The van der Waals surface area contributed by atoms with Gasteiger partial charge in [-0.15, -0.1) is 0 Å². The standard InChI is InChI=1S/C17H18N8S/c1-10(24-25-18)11-6-4-5-7-12(11)13-8-14(23-16(19-2)22-13)15-9-21-17(20-3)26-15/h4-10H,1-3H3,(H,20,21)(H,19,22,23). The fourth-order valence-electron chi connectivity index (χ4n) is 2.57. The Bertz CT molecular complexity index is 961. The Labute approximate surface area is 155 Å². The van der Waals surface area contributed by atoms with Crippen molar-refractivity contribution in [1.82, 2.24) is 15.0 Å². The summed E-state index contributed by atoms with van der Waals surface area (Å²) in [4.78, 5) is 17.3. The average molecular weight is 366 g/mol. The number of aromatic nitrogens is 3. The van der Waals surface area contributed by atoms with Gasteiger partial charge in [-0.25, -0.2) is 15.0 Å². The van der Waals surface area contributed by atoms with Crippen LogP contribution in [0.25, 0.3) is 32.3 Å². The van der Waals surface area contributed by atoms with Crippen molar-refractivity contribution >= 4 is 22.4 Å². The Kier molecular flexibility index (Phi) is 5.31. The molecule has 26 heavy (non-hydrogen) atoms. The molecule has 1 unspecified atom stereocenters. The van der Waals surface area contributed by atoms with E-state index in [1.54, 1.807) is 13.2 Å². The van der Waals surface area contributed by atoms with Crippen LogP contribution in [0.1, 0.15) is 18.5 Å². The molecule has 0 bridgehead atoms. The topological polar surface area (TPSA) is 111 Å². The number of thiazole rings is 1. The van der Waals surface area contributed by atoms with Crippen LogP contribution in [0.5, 0.6) is 0 Å². The van der Waals surface area contributed by atoms with Gasteiger partial charge in [-0.3, -0.25) is 0 Å². The minimum atomic E-state index is -0.299. The lowest BCUT2D eigenvalue weighted by Crippen LogP contribution is -2.01. The van der Waals surface area contributed by atoms with E-state index in [1.165, 1.54) is 11.3 Å². The number of benzene rings is 1. The van der Waals surface area contributed by atoms with Gasteiger partial charge < -0.3 is 10.6 Å². The molecular formula is C17H18N8S. The molecular weight excluding hydrogens is 348 g/mol. The fourth-order valence-corrected chi connectivity index (χ4v) is 3.30. The summed E-state index contributed by atoms with van der Waals surface area (Å²) >= 11 is 1.52. The van der Waals surface area contributed by atoms with Gasteiger partial charge in [0.1, 0.15) is 0 Å². The third kappa shape index (κ3) is 3.58. The first-order valence-electron chi connectivity index (χ1n) is 8.00. The van der Waals surface area contributed by atoms with Crippen molar-refractivity contribution < 1.29 is 0 Å². The van der Waals surface area contributed by atoms with Gasteiger partial charge in [-0.1, -0.05) is 47.6 Å². The number of nitrogens with zero attached hydrogens (tertiary/aromatic N) is 6. The number of anilines is 2. The molecule has 0 fully saturated rings. The first-order valence-corrected chi connectivity index (χ1v) is 8.82. The number of hydrogen-bond acceptors (Lipinski definition) is 7. The maximum Gasteiger partial charge on any atom is 0.223 e. The van der Waals surface area contributed by atoms with Gasteiger partial charge in [0.15, 0.2) is 5.13 Å². The molecule has 3 aromatic rings. The van der Waals surface area contributed by atoms with E-state index in [4.69, 9.17) is 5.53 Å². The monoisotopic (exact) mass is 366 g/mol. The second kappa shape index (κ2) is 7.81. The molecule has 2 heterocycles. The van der Waals surface area contributed by atoms with Crippen LogP contribution in [-0.4, -0.2) is 29.0 Å². The van der Waals surface area contributed by atoms with Crippen molar-refractivity contribution in [1.29, 1.82) is 0 Å². The van der Waals surface area contributed by atoms with Crippen LogP contribution in [0.2, 0.25) is 0 Å². The molecule has 0 radical (unpaired) electrons. The smallest absolute Gasteiger partial charge is 0.223 e. The molecule has 0 aliphatic rings. The van der Waals surface area contributed by atoms with Crippen molar-refractivity contribution in [2.75, 3.05) is 24.7 Å². The van der Waals surface area contributed by atoms with E-state index in [-0.39, 0.29) is 6.04 Å². The maximum absolute atomic E-state index is 8.77. The first-order chi connectivity index (χ1) is 12.7. The zero-order valence-corrected chi connectivity index (χ0v) is 15.4. The number of rotatable bonds is 6. The van der Waals surface area contributed by atoms with E-state index in [9.17, 15) is 0 Å².